The van der Waals surface area contributed by atoms with E-state index in [0.29, 0.717) is 0 Å². The highest BCUT2D eigenvalue weighted by atomic mass is 16.2. The van der Waals surface area contributed by atoms with E-state index in [9.17, 15) is 9.59 Å². The van der Waals surface area contributed by atoms with Gasteiger partial charge in [-0.25, -0.2) is 5.43 Å². The molecule has 0 saturated carbocycles. The molecule has 1 unspecified atom stereocenters. The van der Waals surface area contributed by atoms with E-state index in [2.05, 4.69) is 10.9 Å². The van der Waals surface area contributed by atoms with Gasteiger partial charge in [0.05, 0.1) is 19.0 Å². The predicted octanol–water partition coefficient (Wildman–Crippen LogP) is -1.38. The molecule has 16 heavy (non-hydrogen) atoms. The van der Waals surface area contributed by atoms with E-state index < -0.39 is 6.04 Å². The van der Waals surface area contributed by atoms with Crippen LogP contribution < -0.4 is 16.6 Å². The Bertz CT molecular complexity index is 251. The molecule has 1 heterocycles. The van der Waals surface area contributed by atoms with E-state index in [1.165, 1.54) is 0 Å². The van der Waals surface area contributed by atoms with Crippen LogP contribution in [0.25, 0.3) is 0 Å². The fourth-order valence-corrected chi connectivity index (χ4v) is 1.83. The summed E-state index contributed by atoms with van der Waals surface area (Å²) in [6, 6.07) is -0.525. The van der Waals surface area contributed by atoms with Crippen molar-refractivity contribution in [2.45, 2.75) is 25.3 Å². The second-order valence-corrected chi connectivity index (χ2v) is 3.91. The molecule has 0 aromatic rings. The summed E-state index contributed by atoms with van der Waals surface area (Å²) in [7, 11) is 1.66. The SMILES string of the molecule is CNNC(CC(=O)N1CCCC1)C(=O)CN. The van der Waals surface area contributed by atoms with Crippen LogP contribution in [-0.4, -0.2) is 49.3 Å². The molecule has 1 aliphatic rings. The summed E-state index contributed by atoms with van der Waals surface area (Å²) in [6.07, 6.45) is 2.29. The number of nitrogens with zero attached hydrogens (tertiary/aromatic N) is 1. The first-order chi connectivity index (χ1) is 7.69. The highest BCUT2D eigenvalue weighted by Crippen LogP contribution is 2.10. The van der Waals surface area contributed by atoms with Gasteiger partial charge in [0.15, 0.2) is 5.78 Å². The number of hydrazine groups is 1. The van der Waals surface area contributed by atoms with Crippen LogP contribution in [0.5, 0.6) is 0 Å². The zero-order valence-electron chi connectivity index (χ0n) is 9.66. The molecule has 1 aliphatic heterocycles. The van der Waals surface area contributed by atoms with Crippen LogP contribution in [0.15, 0.2) is 0 Å². The van der Waals surface area contributed by atoms with Gasteiger partial charge in [0.1, 0.15) is 0 Å². The van der Waals surface area contributed by atoms with Gasteiger partial charge in [0.2, 0.25) is 5.91 Å². The number of ketones is 1. The Balaban J connectivity index is 2.46. The van der Waals surface area contributed by atoms with Gasteiger partial charge in [0, 0.05) is 13.1 Å². The van der Waals surface area contributed by atoms with Crippen molar-refractivity contribution in [1.82, 2.24) is 15.8 Å². The molecule has 4 N–H and O–H groups in total. The minimum Gasteiger partial charge on any atom is -0.343 e. The molecule has 0 aromatic carbocycles. The number of rotatable bonds is 6. The lowest BCUT2D eigenvalue weighted by Crippen LogP contribution is -2.48. The van der Waals surface area contributed by atoms with E-state index in [1.807, 2.05) is 0 Å². The van der Waals surface area contributed by atoms with Crippen molar-refractivity contribution in [3.63, 3.8) is 0 Å². The molecule has 1 atom stereocenters. The molecular formula is C10H20N4O2. The number of amides is 1. The summed E-state index contributed by atoms with van der Waals surface area (Å²) >= 11 is 0. The number of Topliss-reactive ketones (excluding diaryl/α,β-unsaturated/α-hetero) is 1. The van der Waals surface area contributed by atoms with Gasteiger partial charge in [-0.15, -0.1) is 0 Å². The van der Waals surface area contributed by atoms with Gasteiger partial charge in [-0.05, 0) is 19.9 Å². The topological polar surface area (TPSA) is 87.5 Å². The maximum Gasteiger partial charge on any atom is 0.224 e. The lowest BCUT2D eigenvalue weighted by atomic mass is 10.1. The van der Waals surface area contributed by atoms with E-state index in [1.54, 1.807) is 11.9 Å². The monoisotopic (exact) mass is 228 g/mol. The fraction of sp³-hybridized carbons (Fsp3) is 0.800. The third-order valence-corrected chi connectivity index (χ3v) is 2.75. The highest BCUT2D eigenvalue weighted by molar-refractivity contribution is 5.90. The largest absolute Gasteiger partial charge is 0.343 e. The molecule has 0 spiro atoms. The van der Waals surface area contributed by atoms with Crippen molar-refractivity contribution in [2.75, 3.05) is 26.7 Å². The molecule has 6 heteroatoms. The molecule has 6 nitrogen and oxygen atoms in total. The molecule has 0 aliphatic carbocycles. The average Bonchev–Trinajstić information content (AvgIpc) is 2.80. The first kappa shape index (κ1) is 13.1. The van der Waals surface area contributed by atoms with Crippen molar-refractivity contribution >= 4 is 11.7 Å². The summed E-state index contributed by atoms with van der Waals surface area (Å²) in [5, 5.41) is 0. The van der Waals surface area contributed by atoms with Gasteiger partial charge >= 0.3 is 0 Å². The third kappa shape index (κ3) is 3.55. The zero-order chi connectivity index (χ0) is 12.0. The van der Waals surface area contributed by atoms with Crippen LogP contribution in [-0.2, 0) is 9.59 Å². The predicted molar refractivity (Wildman–Crippen MR) is 60.5 cm³/mol. The van der Waals surface area contributed by atoms with Gasteiger partial charge in [-0.2, -0.15) is 0 Å². The first-order valence-corrected chi connectivity index (χ1v) is 5.62. The third-order valence-electron chi connectivity index (χ3n) is 2.75. The molecule has 1 amide bonds. The summed E-state index contributed by atoms with van der Waals surface area (Å²) in [4.78, 5) is 25.1. The second kappa shape index (κ2) is 6.57. The number of nitrogens with two attached hydrogens (primary N) is 1. The molecule has 0 radical (unpaired) electrons. The number of hydrogen-bond acceptors (Lipinski definition) is 5. The second-order valence-electron chi connectivity index (χ2n) is 3.91. The van der Waals surface area contributed by atoms with Gasteiger partial charge in [-0.3, -0.25) is 15.0 Å². The smallest absolute Gasteiger partial charge is 0.224 e. The van der Waals surface area contributed by atoms with E-state index in [4.69, 9.17) is 5.73 Å². The van der Waals surface area contributed by atoms with Crippen LogP contribution in [0.4, 0.5) is 0 Å². The van der Waals surface area contributed by atoms with Crippen molar-refractivity contribution in [3.05, 3.63) is 0 Å². The maximum atomic E-state index is 11.8. The molecule has 1 saturated heterocycles. The van der Waals surface area contributed by atoms with Crippen molar-refractivity contribution < 1.29 is 9.59 Å². The van der Waals surface area contributed by atoms with E-state index in [0.717, 1.165) is 25.9 Å². The minimum atomic E-state index is -0.525. The first-order valence-electron chi connectivity index (χ1n) is 5.62. The average molecular weight is 228 g/mol. The number of likely N-dealkylation sites (tertiary alicyclic amines) is 1. The number of carbonyl (C=O) groups excluding carboxylic acids is 2. The van der Waals surface area contributed by atoms with Gasteiger partial charge in [0.25, 0.3) is 0 Å². The Kier molecular flexibility index (Phi) is 5.37. The summed E-state index contributed by atoms with van der Waals surface area (Å²) in [5.74, 6) is -0.131. The molecule has 0 aromatic heterocycles. The van der Waals surface area contributed by atoms with Crippen LogP contribution in [0.1, 0.15) is 19.3 Å². The molecular weight excluding hydrogens is 208 g/mol. The fourth-order valence-electron chi connectivity index (χ4n) is 1.83. The highest BCUT2D eigenvalue weighted by Gasteiger charge is 2.24. The molecule has 1 rings (SSSR count). The molecule has 1 fully saturated rings. The van der Waals surface area contributed by atoms with Crippen LogP contribution >= 0.6 is 0 Å². The van der Waals surface area contributed by atoms with Gasteiger partial charge in [-0.1, -0.05) is 0 Å². The summed E-state index contributed by atoms with van der Waals surface area (Å²) < 4.78 is 0. The minimum absolute atomic E-state index is 0.0204. The normalized spacial score (nSPS) is 17.5. The summed E-state index contributed by atoms with van der Waals surface area (Å²) in [6.45, 7) is 1.57. The standard InChI is InChI=1S/C10H20N4O2/c1-12-13-8(9(15)7-11)6-10(16)14-4-2-3-5-14/h8,12-13H,2-7,11H2,1H3. The Morgan fingerprint density at radius 1 is 1.38 bits per heavy atom. The zero-order valence-corrected chi connectivity index (χ0v) is 9.66. The van der Waals surface area contributed by atoms with E-state index in [-0.39, 0.29) is 24.7 Å². The number of nitrogens with one attached hydrogen (secondary N) is 2. The van der Waals surface area contributed by atoms with Crippen LogP contribution in [0.3, 0.4) is 0 Å². The Morgan fingerprint density at radius 2 is 2.00 bits per heavy atom. The Labute approximate surface area is 95.5 Å². The van der Waals surface area contributed by atoms with Gasteiger partial charge < -0.3 is 10.6 Å². The molecule has 0 bridgehead atoms. The van der Waals surface area contributed by atoms with Crippen LogP contribution in [0.2, 0.25) is 0 Å². The lowest BCUT2D eigenvalue weighted by Gasteiger charge is -2.20. The Morgan fingerprint density at radius 3 is 2.50 bits per heavy atom. The summed E-state index contributed by atoms with van der Waals surface area (Å²) in [5.41, 5.74) is 10.7. The van der Waals surface area contributed by atoms with Crippen LogP contribution in [0, 0.1) is 0 Å². The number of hydrogen-bond donors (Lipinski definition) is 3. The van der Waals surface area contributed by atoms with Crippen molar-refractivity contribution in [3.8, 4) is 0 Å². The van der Waals surface area contributed by atoms with Crippen molar-refractivity contribution in [1.29, 1.82) is 0 Å². The molecule has 92 valence electrons. The quantitative estimate of drug-likeness (QED) is 0.488. The lowest BCUT2D eigenvalue weighted by molar-refractivity contribution is -0.133. The van der Waals surface area contributed by atoms with E-state index >= 15 is 0 Å². The van der Waals surface area contributed by atoms with Crippen molar-refractivity contribution in [2.24, 2.45) is 5.73 Å². The number of carbonyl (C=O) groups is 2. The Hall–Kier alpha value is -0.980. The maximum absolute atomic E-state index is 11.8.